The molecular weight excluding hydrogens is 433 g/mol. The number of amides is 1. The van der Waals surface area contributed by atoms with Crippen LogP contribution in [0.2, 0.25) is 0 Å². The van der Waals surface area contributed by atoms with Crippen LogP contribution in [0.15, 0.2) is 0 Å². The van der Waals surface area contributed by atoms with Crippen molar-refractivity contribution in [3.8, 4) is 5.75 Å². The number of nitrogens with one attached hydrogen (secondary N) is 1. The van der Waals surface area contributed by atoms with E-state index < -0.39 is 47.2 Å². The molecule has 0 spiro atoms. The van der Waals surface area contributed by atoms with E-state index in [9.17, 15) is 36.3 Å². The predicted molar refractivity (Wildman–Crippen MR) is 95.7 cm³/mol. The maximum absolute atomic E-state index is 13.4. The monoisotopic (exact) mass is 455 g/mol. The summed E-state index contributed by atoms with van der Waals surface area (Å²) in [6.45, 7) is 2.11. The van der Waals surface area contributed by atoms with Crippen molar-refractivity contribution in [3.63, 3.8) is 0 Å². The number of esters is 1. The van der Waals surface area contributed by atoms with Crippen LogP contribution in [-0.2, 0) is 23.9 Å². The van der Waals surface area contributed by atoms with Crippen LogP contribution < -0.4 is 10.1 Å². The fraction of sp³-hybridized carbons (Fsp3) is 0.526. The number of benzene rings is 1. The standard InChI is InChI=1S/C19H22F5NO6/c1-11(26)4-8-30-10-6-25-12(27)3-2-7-29-9-5-13(28)31-19-17(23)15(21)14(20)16(22)18(19)24/h2-10H2,1H3,(H,25,27). The molecule has 0 radical (unpaired) electrons. The Morgan fingerprint density at radius 3 is 1.90 bits per heavy atom. The van der Waals surface area contributed by atoms with Gasteiger partial charge in [0, 0.05) is 26.0 Å². The highest BCUT2D eigenvalue weighted by atomic mass is 19.2. The minimum atomic E-state index is -2.36. The van der Waals surface area contributed by atoms with Crippen molar-refractivity contribution in [3.05, 3.63) is 29.1 Å². The zero-order chi connectivity index (χ0) is 23.4. The van der Waals surface area contributed by atoms with Crippen molar-refractivity contribution in [1.29, 1.82) is 0 Å². The summed E-state index contributed by atoms with van der Waals surface area (Å²) < 4.78 is 80.3. The van der Waals surface area contributed by atoms with E-state index in [1.165, 1.54) is 6.92 Å². The van der Waals surface area contributed by atoms with Gasteiger partial charge in [-0.25, -0.2) is 13.2 Å². The molecule has 0 fully saturated rings. The lowest BCUT2D eigenvalue weighted by Gasteiger charge is -2.09. The Morgan fingerprint density at radius 1 is 0.742 bits per heavy atom. The van der Waals surface area contributed by atoms with Gasteiger partial charge >= 0.3 is 5.97 Å². The van der Waals surface area contributed by atoms with Crippen molar-refractivity contribution in [2.45, 2.75) is 32.6 Å². The van der Waals surface area contributed by atoms with Gasteiger partial charge in [0.15, 0.2) is 0 Å². The van der Waals surface area contributed by atoms with Gasteiger partial charge in [-0.3, -0.25) is 14.4 Å². The van der Waals surface area contributed by atoms with E-state index in [1.807, 2.05) is 0 Å². The second kappa shape index (κ2) is 13.7. The van der Waals surface area contributed by atoms with Crippen LogP contribution in [-0.4, -0.2) is 50.6 Å². The molecule has 0 unspecified atom stereocenters. The molecule has 0 aromatic heterocycles. The van der Waals surface area contributed by atoms with E-state index in [2.05, 4.69) is 10.1 Å². The summed E-state index contributed by atoms with van der Waals surface area (Å²) in [7, 11) is 0. The zero-order valence-corrected chi connectivity index (χ0v) is 16.7. The first-order valence-electron chi connectivity index (χ1n) is 9.28. The van der Waals surface area contributed by atoms with E-state index >= 15 is 0 Å². The first-order chi connectivity index (χ1) is 14.6. The summed E-state index contributed by atoms with van der Waals surface area (Å²) >= 11 is 0. The molecule has 0 aliphatic heterocycles. The first-order valence-corrected chi connectivity index (χ1v) is 9.28. The molecule has 1 rings (SSSR count). The molecule has 1 aromatic carbocycles. The number of halogens is 5. The third-order valence-electron chi connectivity index (χ3n) is 3.70. The second-order valence-corrected chi connectivity index (χ2v) is 6.25. The van der Waals surface area contributed by atoms with Crippen LogP contribution >= 0.6 is 0 Å². The number of carbonyl (C=O) groups is 3. The molecule has 31 heavy (non-hydrogen) atoms. The average Bonchev–Trinajstić information content (AvgIpc) is 2.73. The number of rotatable bonds is 14. The van der Waals surface area contributed by atoms with Crippen molar-refractivity contribution in [1.82, 2.24) is 5.32 Å². The number of hydrogen-bond acceptors (Lipinski definition) is 6. The molecule has 7 nitrogen and oxygen atoms in total. The Labute approximate surface area is 174 Å². The van der Waals surface area contributed by atoms with Gasteiger partial charge in [0.25, 0.3) is 0 Å². The molecule has 0 atom stereocenters. The van der Waals surface area contributed by atoms with Gasteiger partial charge in [0.2, 0.25) is 40.7 Å². The summed E-state index contributed by atoms with van der Waals surface area (Å²) in [6.07, 6.45) is 0.232. The second-order valence-electron chi connectivity index (χ2n) is 6.25. The lowest BCUT2D eigenvalue weighted by Crippen LogP contribution is -2.27. The minimum Gasteiger partial charge on any atom is -0.420 e. The summed E-state index contributed by atoms with van der Waals surface area (Å²) in [5.41, 5.74) is 0. The quantitative estimate of drug-likeness (QED) is 0.116. The maximum Gasteiger partial charge on any atom is 0.313 e. The summed E-state index contributed by atoms with van der Waals surface area (Å²) in [5.74, 6) is -14.5. The lowest BCUT2D eigenvalue weighted by atomic mass is 10.2. The minimum absolute atomic E-state index is 0.00914. The van der Waals surface area contributed by atoms with Gasteiger partial charge in [-0.1, -0.05) is 0 Å². The Balaban J connectivity index is 2.18. The number of ether oxygens (including phenoxy) is 3. The van der Waals surface area contributed by atoms with Crippen LogP contribution in [0, 0.1) is 29.1 Å². The van der Waals surface area contributed by atoms with E-state index in [0.29, 0.717) is 12.8 Å². The summed E-state index contributed by atoms with van der Waals surface area (Å²) in [6, 6.07) is 0. The van der Waals surface area contributed by atoms with Crippen LogP contribution in [0.5, 0.6) is 5.75 Å². The maximum atomic E-state index is 13.4. The third kappa shape index (κ3) is 9.39. The van der Waals surface area contributed by atoms with Gasteiger partial charge in [-0.05, 0) is 13.3 Å². The SMILES string of the molecule is CC(=O)CCOCCNC(=O)CCCOCCC(=O)Oc1c(F)c(F)c(F)c(F)c1F. The average molecular weight is 455 g/mol. The molecule has 0 aliphatic rings. The normalized spacial score (nSPS) is 10.8. The molecular formula is C19H22F5NO6. The van der Waals surface area contributed by atoms with E-state index in [1.54, 1.807) is 0 Å². The number of Topliss-reactive ketones (excluding diaryl/α,β-unsaturated/α-hetero) is 1. The highest BCUT2D eigenvalue weighted by molar-refractivity contribution is 5.76. The Kier molecular flexibility index (Phi) is 11.6. The molecule has 1 aromatic rings. The van der Waals surface area contributed by atoms with Gasteiger partial charge < -0.3 is 19.5 Å². The molecule has 1 N–H and O–H groups in total. The first kappa shape index (κ1) is 26.4. The van der Waals surface area contributed by atoms with E-state index in [-0.39, 0.29) is 51.1 Å². The van der Waals surface area contributed by atoms with Crippen LogP contribution in [0.1, 0.15) is 32.6 Å². The van der Waals surface area contributed by atoms with E-state index in [0.717, 1.165) is 0 Å². The topological polar surface area (TPSA) is 90.9 Å². The van der Waals surface area contributed by atoms with Crippen molar-refractivity contribution in [2.75, 3.05) is 33.0 Å². The molecule has 12 heteroatoms. The smallest absolute Gasteiger partial charge is 0.313 e. The van der Waals surface area contributed by atoms with Gasteiger partial charge in [-0.2, -0.15) is 8.78 Å². The van der Waals surface area contributed by atoms with Crippen LogP contribution in [0.4, 0.5) is 22.0 Å². The Morgan fingerprint density at radius 2 is 1.29 bits per heavy atom. The third-order valence-corrected chi connectivity index (χ3v) is 3.70. The van der Waals surface area contributed by atoms with Crippen LogP contribution in [0.25, 0.3) is 0 Å². The lowest BCUT2D eigenvalue weighted by molar-refractivity contribution is -0.136. The van der Waals surface area contributed by atoms with Crippen molar-refractivity contribution >= 4 is 17.7 Å². The number of ketones is 1. The molecule has 0 bridgehead atoms. The van der Waals surface area contributed by atoms with Crippen molar-refractivity contribution in [2.24, 2.45) is 0 Å². The number of carbonyl (C=O) groups excluding carboxylic acids is 3. The number of hydrogen-bond donors (Lipinski definition) is 1. The van der Waals surface area contributed by atoms with Crippen molar-refractivity contribution < 1.29 is 50.5 Å². The molecule has 0 heterocycles. The van der Waals surface area contributed by atoms with Gasteiger partial charge in [0.1, 0.15) is 5.78 Å². The highest BCUT2D eigenvalue weighted by Gasteiger charge is 2.28. The zero-order valence-electron chi connectivity index (χ0n) is 16.7. The molecule has 0 saturated heterocycles. The largest absolute Gasteiger partial charge is 0.420 e. The fourth-order valence-corrected chi connectivity index (χ4v) is 2.10. The molecule has 0 aliphatic carbocycles. The highest BCUT2D eigenvalue weighted by Crippen LogP contribution is 2.29. The Bertz CT molecular complexity index is 761. The van der Waals surface area contributed by atoms with Gasteiger partial charge in [0.05, 0.1) is 26.2 Å². The molecule has 174 valence electrons. The van der Waals surface area contributed by atoms with E-state index in [4.69, 9.17) is 9.47 Å². The fourth-order valence-electron chi connectivity index (χ4n) is 2.10. The summed E-state index contributed by atoms with van der Waals surface area (Å²) in [5, 5.41) is 2.59. The molecule has 1 amide bonds. The predicted octanol–water partition coefficient (Wildman–Crippen LogP) is 2.59. The summed E-state index contributed by atoms with van der Waals surface area (Å²) in [4.78, 5) is 33.8. The van der Waals surface area contributed by atoms with Gasteiger partial charge in [-0.15, -0.1) is 0 Å². The molecule has 0 saturated carbocycles. The van der Waals surface area contributed by atoms with Crippen LogP contribution in [0.3, 0.4) is 0 Å². The Hall–Kier alpha value is -2.60.